The molecule has 0 aromatic carbocycles. The SMILES string of the molecule is CCC1CN(c2cc(Cl)nc(SC)n2)CCS1. The summed E-state index contributed by atoms with van der Waals surface area (Å²) in [4.78, 5) is 11.0. The standard InChI is InChI=1S/C11H16ClN3S2/c1-3-8-7-15(4-5-17-8)10-6-9(12)13-11(14-10)16-2/h6,8H,3-5,7H2,1-2H3. The van der Waals surface area contributed by atoms with E-state index in [9.17, 15) is 0 Å². The van der Waals surface area contributed by atoms with Gasteiger partial charge in [0, 0.05) is 30.2 Å². The summed E-state index contributed by atoms with van der Waals surface area (Å²) >= 11 is 9.60. The number of rotatable bonds is 3. The number of halogens is 1. The first kappa shape index (κ1) is 13.3. The molecule has 0 amide bonds. The van der Waals surface area contributed by atoms with Crippen LogP contribution >= 0.6 is 35.1 Å². The summed E-state index contributed by atoms with van der Waals surface area (Å²) < 4.78 is 0. The predicted molar refractivity (Wildman–Crippen MR) is 77.6 cm³/mol. The molecule has 2 heterocycles. The highest BCUT2D eigenvalue weighted by atomic mass is 35.5. The summed E-state index contributed by atoms with van der Waals surface area (Å²) in [7, 11) is 0. The molecule has 1 aliphatic rings. The van der Waals surface area contributed by atoms with E-state index < -0.39 is 0 Å². The molecule has 1 aromatic rings. The summed E-state index contributed by atoms with van der Waals surface area (Å²) in [6.07, 6.45) is 3.17. The molecule has 1 fully saturated rings. The Bertz CT molecular complexity index is 389. The van der Waals surface area contributed by atoms with E-state index in [0.717, 1.165) is 29.8 Å². The van der Waals surface area contributed by atoms with Gasteiger partial charge in [-0.1, -0.05) is 30.3 Å². The molecule has 17 heavy (non-hydrogen) atoms. The molecule has 0 aliphatic carbocycles. The lowest BCUT2D eigenvalue weighted by Crippen LogP contribution is -2.38. The normalized spacial score (nSPS) is 20.6. The van der Waals surface area contributed by atoms with Crippen LogP contribution in [0.3, 0.4) is 0 Å². The highest BCUT2D eigenvalue weighted by Crippen LogP contribution is 2.26. The largest absolute Gasteiger partial charge is 0.355 e. The third-order valence-electron chi connectivity index (χ3n) is 2.76. The van der Waals surface area contributed by atoms with Crippen molar-refractivity contribution in [2.24, 2.45) is 0 Å². The van der Waals surface area contributed by atoms with E-state index in [1.54, 1.807) is 0 Å². The first-order valence-electron chi connectivity index (χ1n) is 5.68. The Morgan fingerprint density at radius 1 is 1.59 bits per heavy atom. The number of aromatic nitrogens is 2. The molecule has 1 unspecified atom stereocenters. The summed E-state index contributed by atoms with van der Waals surface area (Å²) in [5, 5.41) is 1.99. The van der Waals surface area contributed by atoms with E-state index in [0.29, 0.717) is 10.4 Å². The van der Waals surface area contributed by atoms with Gasteiger partial charge in [-0.25, -0.2) is 9.97 Å². The van der Waals surface area contributed by atoms with Gasteiger partial charge in [0.15, 0.2) is 5.16 Å². The molecule has 1 aliphatic heterocycles. The fourth-order valence-electron chi connectivity index (χ4n) is 1.81. The van der Waals surface area contributed by atoms with Gasteiger partial charge in [0.2, 0.25) is 0 Å². The van der Waals surface area contributed by atoms with E-state index in [2.05, 4.69) is 33.6 Å². The quantitative estimate of drug-likeness (QED) is 0.484. The van der Waals surface area contributed by atoms with Gasteiger partial charge in [-0.05, 0) is 12.7 Å². The monoisotopic (exact) mass is 289 g/mol. The fourth-order valence-corrected chi connectivity index (χ4v) is 3.60. The van der Waals surface area contributed by atoms with Gasteiger partial charge in [-0.2, -0.15) is 11.8 Å². The molecule has 0 saturated carbocycles. The Balaban J connectivity index is 2.18. The predicted octanol–water partition coefficient (Wildman–Crippen LogP) is 3.18. The van der Waals surface area contributed by atoms with Crippen LogP contribution in [0.15, 0.2) is 11.2 Å². The molecular weight excluding hydrogens is 274 g/mol. The second-order valence-corrected chi connectivity index (χ2v) is 6.45. The van der Waals surface area contributed by atoms with Crippen molar-refractivity contribution in [2.45, 2.75) is 23.8 Å². The van der Waals surface area contributed by atoms with Gasteiger partial charge in [-0.15, -0.1) is 0 Å². The van der Waals surface area contributed by atoms with Crippen molar-refractivity contribution in [2.75, 3.05) is 30.0 Å². The van der Waals surface area contributed by atoms with Gasteiger partial charge >= 0.3 is 0 Å². The lowest BCUT2D eigenvalue weighted by atomic mass is 10.3. The Morgan fingerprint density at radius 3 is 3.12 bits per heavy atom. The average molecular weight is 290 g/mol. The van der Waals surface area contributed by atoms with Gasteiger partial charge in [-0.3, -0.25) is 0 Å². The van der Waals surface area contributed by atoms with E-state index >= 15 is 0 Å². The van der Waals surface area contributed by atoms with E-state index in [-0.39, 0.29) is 0 Å². The molecule has 0 bridgehead atoms. The molecule has 1 saturated heterocycles. The van der Waals surface area contributed by atoms with Crippen molar-refractivity contribution in [3.63, 3.8) is 0 Å². The first-order chi connectivity index (χ1) is 8.22. The molecule has 94 valence electrons. The number of anilines is 1. The maximum Gasteiger partial charge on any atom is 0.190 e. The first-order valence-corrected chi connectivity index (χ1v) is 8.33. The molecule has 2 rings (SSSR count). The van der Waals surface area contributed by atoms with Gasteiger partial charge in [0.25, 0.3) is 0 Å². The van der Waals surface area contributed by atoms with Crippen LogP contribution in [0.2, 0.25) is 5.15 Å². The number of nitrogens with zero attached hydrogens (tertiary/aromatic N) is 3. The smallest absolute Gasteiger partial charge is 0.190 e. The summed E-state index contributed by atoms with van der Waals surface area (Å²) in [5.41, 5.74) is 0. The van der Waals surface area contributed by atoms with Crippen LogP contribution in [0, 0.1) is 0 Å². The second kappa shape index (κ2) is 6.16. The van der Waals surface area contributed by atoms with Crippen molar-refractivity contribution < 1.29 is 0 Å². The molecular formula is C11H16ClN3S2. The summed E-state index contributed by atoms with van der Waals surface area (Å²) in [5.74, 6) is 2.13. The Kier molecular flexibility index (Phi) is 4.82. The molecule has 1 atom stereocenters. The van der Waals surface area contributed by atoms with Crippen molar-refractivity contribution in [1.82, 2.24) is 9.97 Å². The maximum atomic E-state index is 6.02. The Hall–Kier alpha value is -0.130. The minimum Gasteiger partial charge on any atom is -0.355 e. The van der Waals surface area contributed by atoms with Gasteiger partial charge < -0.3 is 4.90 Å². The molecule has 0 N–H and O–H groups in total. The fraction of sp³-hybridized carbons (Fsp3) is 0.636. The van der Waals surface area contributed by atoms with Crippen molar-refractivity contribution in [1.29, 1.82) is 0 Å². The van der Waals surface area contributed by atoms with Crippen LogP contribution in [0.25, 0.3) is 0 Å². The molecule has 1 aromatic heterocycles. The zero-order valence-electron chi connectivity index (χ0n) is 10.0. The number of hydrogen-bond donors (Lipinski definition) is 0. The van der Waals surface area contributed by atoms with E-state index in [4.69, 9.17) is 11.6 Å². The average Bonchev–Trinajstić information content (AvgIpc) is 2.38. The lowest BCUT2D eigenvalue weighted by molar-refractivity contribution is 0.713. The van der Waals surface area contributed by atoms with Crippen LogP contribution in [0.5, 0.6) is 0 Å². The Morgan fingerprint density at radius 2 is 2.41 bits per heavy atom. The number of hydrogen-bond acceptors (Lipinski definition) is 5. The second-order valence-electron chi connectivity index (χ2n) is 3.88. The minimum absolute atomic E-state index is 0.533. The molecule has 6 heteroatoms. The summed E-state index contributed by atoms with van der Waals surface area (Å²) in [6.45, 7) is 4.34. The topological polar surface area (TPSA) is 29.0 Å². The Labute approximate surface area is 116 Å². The van der Waals surface area contributed by atoms with Crippen molar-refractivity contribution >= 4 is 40.9 Å². The van der Waals surface area contributed by atoms with Crippen LogP contribution in [-0.2, 0) is 0 Å². The minimum atomic E-state index is 0.533. The molecule has 0 spiro atoms. The van der Waals surface area contributed by atoms with E-state index in [1.807, 2.05) is 12.3 Å². The highest BCUT2D eigenvalue weighted by Gasteiger charge is 2.20. The zero-order chi connectivity index (χ0) is 12.3. The van der Waals surface area contributed by atoms with Crippen LogP contribution in [-0.4, -0.2) is 40.3 Å². The van der Waals surface area contributed by atoms with Gasteiger partial charge in [0.05, 0.1) is 0 Å². The van der Waals surface area contributed by atoms with Crippen LogP contribution in [0.4, 0.5) is 5.82 Å². The van der Waals surface area contributed by atoms with Crippen molar-refractivity contribution in [3.8, 4) is 0 Å². The third-order valence-corrected chi connectivity index (χ3v) is 4.87. The maximum absolute atomic E-state index is 6.02. The highest BCUT2D eigenvalue weighted by molar-refractivity contribution is 8.00. The number of thioether (sulfide) groups is 2. The van der Waals surface area contributed by atoms with Crippen LogP contribution in [0.1, 0.15) is 13.3 Å². The van der Waals surface area contributed by atoms with Crippen molar-refractivity contribution in [3.05, 3.63) is 11.2 Å². The molecule has 0 radical (unpaired) electrons. The zero-order valence-corrected chi connectivity index (χ0v) is 12.4. The lowest BCUT2D eigenvalue weighted by Gasteiger charge is -2.32. The summed E-state index contributed by atoms with van der Waals surface area (Å²) in [6, 6.07) is 1.87. The van der Waals surface area contributed by atoms with Gasteiger partial charge in [0.1, 0.15) is 11.0 Å². The molecule has 3 nitrogen and oxygen atoms in total. The van der Waals surface area contributed by atoms with Crippen LogP contribution < -0.4 is 4.90 Å². The third kappa shape index (κ3) is 3.42. The van der Waals surface area contributed by atoms with E-state index in [1.165, 1.54) is 18.2 Å².